The molecule has 0 atom stereocenters. The second-order valence-electron chi connectivity index (χ2n) is 7.50. The van der Waals surface area contributed by atoms with E-state index in [1.807, 2.05) is 6.92 Å². The normalized spacial score (nSPS) is 11.0. The van der Waals surface area contributed by atoms with Crippen molar-refractivity contribution in [2.75, 3.05) is 18.4 Å². The molecule has 0 aliphatic heterocycles. The number of amides is 2. The Bertz CT molecular complexity index is 1370. The molecule has 2 amide bonds. The minimum atomic E-state index is -1.73. The Labute approximate surface area is 191 Å². The lowest BCUT2D eigenvalue weighted by Crippen LogP contribution is -2.39. The van der Waals surface area contributed by atoms with Crippen LogP contribution in [0.15, 0.2) is 34.0 Å². The predicted octanol–water partition coefficient (Wildman–Crippen LogP) is 2.40. The average Bonchev–Trinajstić information content (AvgIpc) is 2.81. The monoisotopic (exact) mass is 477 g/mol. The molecule has 34 heavy (non-hydrogen) atoms. The molecule has 2 aromatic heterocycles. The first kappa shape index (κ1) is 24.7. The number of aromatic amines is 1. The van der Waals surface area contributed by atoms with Crippen molar-refractivity contribution in [3.8, 4) is 0 Å². The highest BCUT2D eigenvalue weighted by molar-refractivity contribution is 6.00. The number of carbonyl (C=O) groups is 2. The van der Waals surface area contributed by atoms with Crippen molar-refractivity contribution in [3.63, 3.8) is 0 Å². The first-order valence-electron chi connectivity index (χ1n) is 10.5. The molecule has 12 heteroatoms. The minimum absolute atomic E-state index is 0.0000420. The SMILES string of the molecule is CCCN(CC(=O)Nc1ccc(F)c(F)c1F)C(=O)c1cnc2c(c1)c(=O)[nH]c(=O)n2CCC. The lowest BCUT2D eigenvalue weighted by atomic mass is 10.2. The van der Waals surface area contributed by atoms with E-state index in [0.29, 0.717) is 25.5 Å². The van der Waals surface area contributed by atoms with Crippen molar-refractivity contribution in [2.24, 2.45) is 0 Å². The summed E-state index contributed by atoms with van der Waals surface area (Å²) in [6, 6.07) is 2.82. The lowest BCUT2D eigenvalue weighted by molar-refractivity contribution is -0.116. The predicted molar refractivity (Wildman–Crippen MR) is 118 cm³/mol. The van der Waals surface area contributed by atoms with Gasteiger partial charge in [0, 0.05) is 19.3 Å². The summed E-state index contributed by atoms with van der Waals surface area (Å²) < 4.78 is 41.7. The first-order chi connectivity index (χ1) is 16.2. The molecule has 0 saturated heterocycles. The van der Waals surface area contributed by atoms with Gasteiger partial charge in [-0.05, 0) is 31.0 Å². The lowest BCUT2D eigenvalue weighted by Gasteiger charge is -2.22. The average molecular weight is 477 g/mol. The van der Waals surface area contributed by atoms with Crippen LogP contribution >= 0.6 is 0 Å². The maximum absolute atomic E-state index is 13.9. The van der Waals surface area contributed by atoms with Gasteiger partial charge in [-0.3, -0.25) is 23.9 Å². The number of fused-ring (bicyclic) bond motifs is 1. The number of anilines is 1. The van der Waals surface area contributed by atoms with Gasteiger partial charge < -0.3 is 10.2 Å². The number of nitrogens with zero attached hydrogens (tertiary/aromatic N) is 3. The summed E-state index contributed by atoms with van der Waals surface area (Å²) in [4.78, 5) is 57.3. The topological polar surface area (TPSA) is 117 Å². The second kappa shape index (κ2) is 10.3. The highest BCUT2D eigenvalue weighted by atomic mass is 19.2. The molecule has 1 aromatic carbocycles. The van der Waals surface area contributed by atoms with Gasteiger partial charge in [-0.15, -0.1) is 0 Å². The Kier molecular flexibility index (Phi) is 7.49. The molecular formula is C22H22F3N5O4. The van der Waals surface area contributed by atoms with Gasteiger partial charge in [0.25, 0.3) is 11.5 Å². The number of aryl methyl sites for hydroxylation is 1. The Hall–Kier alpha value is -3.96. The number of carbonyl (C=O) groups excluding carboxylic acids is 2. The summed E-state index contributed by atoms with van der Waals surface area (Å²) in [6.07, 6.45) is 2.28. The minimum Gasteiger partial charge on any atom is -0.329 e. The van der Waals surface area contributed by atoms with E-state index in [9.17, 15) is 32.3 Å². The highest BCUT2D eigenvalue weighted by Gasteiger charge is 2.22. The Morgan fingerprint density at radius 2 is 1.85 bits per heavy atom. The zero-order chi connectivity index (χ0) is 25.0. The van der Waals surface area contributed by atoms with Crippen LogP contribution in [0.3, 0.4) is 0 Å². The van der Waals surface area contributed by atoms with E-state index in [4.69, 9.17) is 0 Å². The Balaban J connectivity index is 1.88. The number of benzene rings is 1. The summed E-state index contributed by atoms with van der Waals surface area (Å²) in [5.41, 5.74) is -1.76. The van der Waals surface area contributed by atoms with Crippen molar-refractivity contribution < 1.29 is 22.8 Å². The summed E-state index contributed by atoms with van der Waals surface area (Å²) in [5, 5.41) is 2.15. The molecule has 3 aromatic rings. The number of hydrogen-bond donors (Lipinski definition) is 2. The molecule has 0 spiro atoms. The molecule has 0 aliphatic rings. The Morgan fingerprint density at radius 1 is 1.12 bits per heavy atom. The van der Waals surface area contributed by atoms with E-state index in [1.54, 1.807) is 6.92 Å². The second-order valence-corrected chi connectivity index (χ2v) is 7.50. The summed E-state index contributed by atoms with van der Waals surface area (Å²) in [6.45, 7) is 3.54. The zero-order valence-corrected chi connectivity index (χ0v) is 18.5. The summed E-state index contributed by atoms with van der Waals surface area (Å²) in [7, 11) is 0. The third-order valence-corrected chi connectivity index (χ3v) is 4.95. The van der Waals surface area contributed by atoms with Gasteiger partial charge >= 0.3 is 5.69 Å². The largest absolute Gasteiger partial charge is 0.329 e. The molecule has 9 nitrogen and oxygen atoms in total. The van der Waals surface area contributed by atoms with Gasteiger partial charge in [0.2, 0.25) is 5.91 Å². The van der Waals surface area contributed by atoms with Crippen LogP contribution in [0.25, 0.3) is 11.0 Å². The smallest absolute Gasteiger partial charge is 0.329 e. The molecule has 3 rings (SSSR count). The summed E-state index contributed by atoms with van der Waals surface area (Å²) >= 11 is 0. The van der Waals surface area contributed by atoms with Crippen LogP contribution in [0, 0.1) is 17.5 Å². The molecule has 2 N–H and O–H groups in total. The molecule has 0 bridgehead atoms. The van der Waals surface area contributed by atoms with Gasteiger partial charge in [0.1, 0.15) is 12.2 Å². The molecule has 0 radical (unpaired) electrons. The van der Waals surface area contributed by atoms with Crippen molar-refractivity contribution >= 4 is 28.5 Å². The van der Waals surface area contributed by atoms with Crippen LogP contribution in [-0.4, -0.2) is 44.3 Å². The molecule has 0 unspecified atom stereocenters. The van der Waals surface area contributed by atoms with Crippen LogP contribution in [-0.2, 0) is 11.3 Å². The van der Waals surface area contributed by atoms with Crippen LogP contribution < -0.4 is 16.6 Å². The molecule has 0 aliphatic carbocycles. The number of halogens is 3. The van der Waals surface area contributed by atoms with Gasteiger partial charge in [-0.2, -0.15) is 0 Å². The maximum Gasteiger partial charge on any atom is 0.329 e. The van der Waals surface area contributed by atoms with E-state index < -0.39 is 52.7 Å². The van der Waals surface area contributed by atoms with Crippen molar-refractivity contribution in [2.45, 2.75) is 33.2 Å². The first-order valence-corrected chi connectivity index (χ1v) is 10.5. The third kappa shape index (κ3) is 5.00. The molecule has 0 fully saturated rings. The number of hydrogen-bond acceptors (Lipinski definition) is 5. The molecule has 180 valence electrons. The van der Waals surface area contributed by atoms with E-state index in [0.717, 1.165) is 11.0 Å². The molecule has 2 heterocycles. The summed E-state index contributed by atoms with van der Waals surface area (Å²) in [5.74, 6) is -6.16. The Morgan fingerprint density at radius 3 is 2.53 bits per heavy atom. The number of aromatic nitrogens is 3. The van der Waals surface area contributed by atoms with E-state index in [-0.39, 0.29) is 23.1 Å². The van der Waals surface area contributed by atoms with E-state index >= 15 is 0 Å². The van der Waals surface area contributed by atoms with Crippen molar-refractivity contribution in [3.05, 3.63) is 68.2 Å². The van der Waals surface area contributed by atoms with Crippen LogP contribution in [0.4, 0.5) is 18.9 Å². The molecule has 0 saturated carbocycles. The fourth-order valence-electron chi connectivity index (χ4n) is 3.41. The van der Waals surface area contributed by atoms with Gasteiger partial charge in [-0.25, -0.2) is 22.9 Å². The van der Waals surface area contributed by atoms with Crippen molar-refractivity contribution in [1.82, 2.24) is 19.4 Å². The number of nitrogens with one attached hydrogen (secondary N) is 2. The van der Waals surface area contributed by atoms with E-state index in [1.165, 1.54) is 16.8 Å². The van der Waals surface area contributed by atoms with Crippen LogP contribution in [0.1, 0.15) is 37.0 Å². The van der Waals surface area contributed by atoms with Gasteiger partial charge in [-0.1, -0.05) is 13.8 Å². The number of H-pyrrole nitrogens is 1. The van der Waals surface area contributed by atoms with Gasteiger partial charge in [0.05, 0.1) is 16.6 Å². The van der Waals surface area contributed by atoms with Crippen LogP contribution in [0.5, 0.6) is 0 Å². The quantitative estimate of drug-likeness (QED) is 0.483. The maximum atomic E-state index is 13.9. The fraction of sp³-hybridized carbons (Fsp3) is 0.318. The van der Waals surface area contributed by atoms with Gasteiger partial charge in [0.15, 0.2) is 17.5 Å². The van der Waals surface area contributed by atoms with Crippen molar-refractivity contribution in [1.29, 1.82) is 0 Å². The fourth-order valence-corrected chi connectivity index (χ4v) is 3.41. The zero-order valence-electron chi connectivity index (χ0n) is 18.5. The third-order valence-electron chi connectivity index (χ3n) is 4.95. The highest BCUT2D eigenvalue weighted by Crippen LogP contribution is 2.20. The standard InChI is InChI=1S/C22H22F3N5O4/c1-3-7-29(11-16(31)27-15-6-5-14(23)17(24)18(15)25)21(33)12-9-13-19(26-10-12)30(8-4-2)22(34)28-20(13)32/h5-6,9-10H,3-4,7-8,11H2,1-2H3,(H,27,31)(H,28,32,34). The molecular weight excluding hydrogens is 455 g/mol. The number of pyridine rings is 1. The van der Waals surface area contributed by atoms with E-state index in [2.05, 4.69) is 15.3 Å². The van der Waals surface area contributed by atoms with Crippen LogP contribution in [0.2, 0.25) is 0 Å². The number of rotatable bonds is 8.